The van der Waals surface area contributed by atoms with Crippen LogP contribution < -0.4 is 9.75 Å². The summed E-state index contributed by atoms with van der Waals surface area (Å²) in [6.45, 7) is 0. The third kappa shape index (κ3) is 3.27. The number of carbonyl (C=O) groups is 1. The van der Waals surface area contributed by atoms with Crippen LogP contribution in [0.5, 0.6) is 5.75 Å². The van der Waals surface area contributed by atoms with E-state index in [-0.39, 0.29) is 5.91 Å². The number of ether oxygens (including phenoxy) is 1. The van der Waals surface area contributed by atoms with Gasteiger partial charge in [-0.15, -0.1) is 11.6 Å². The number of benzene rings is 3. The molecule has 0 spiro atoms. The topological polar surface area (TPSA) is 41.9 Å². The molecular formula is C23H19ClN2O2. The Morgan fingerprint density at radius 2 is 1.54 bits per heavy atom. The minimum absolute atomic E-state index is 0.262. The van der Waals surface area contributed by atoms with Crippen LogP contribution in [0.25, 0.3) is 0 Å². The van der Waals surface area contributed by atoms with Gasteiger partial charge in [0.25, 0.3) is 5.91 Å². The van der Waals surface area contributed by atoms with Gasteiger partial charge in [0.15, 0.2) is 4.87 Å². The molecule has 0 saturated carbocycles. The monoisotopic (exact) mass is 390 g/mol. The highest BCUT2D eigenvalue weighted by Crippen LogP contribution is 2.37. The van der Waals surface area contributed by atoms with Crippen LogP contribution >= 0.6 is 11.6 Å². The number of methoxy groups -OCH3 is 1. The van der Waals surface area contributed by atoms with Crippen LogP contribution in [0.15, 0.2) is 90.0 Å². The lowest BCUT2D eigenvalue weighted by molar-refractivity contribution is -0.118. The minimum atomic E-state index is -1.28. The van der Waals surface area contributed by atoms with E-state index in [9.17, 15) is 4.79 Å². The average Bonchev–Trinajstić information content (AvgIpc) is 3.00. The van der Waals surface area contributed by atoms with Crippen LogP contribution in [0.2, 0.25) is 0 Å². The summed E-state index contributed by atoms with van der Waals surface area (Å²) in [5.41, 5.74) is 3.01. The number of halogens is 1. The van der Waals surface area contributed by atoms with Crippen molar-refractivity contribution in [1.29, 1.82) is 0 Å². The highest BCUT2D eigenvalue weighted by atomic mass is 35.5. The summed E-state index contributed by atoms with van der Waals surface area (Å²) in [6, 6.07) is 26.6. The Morgan fingerprint density at radius 3 is 2.14 bits per heavy atom. The second-order valence-corrected chi connectivity index (χ2v) is 7.24. The van der Waals surface area contributed by atoms with Gasteiger partial charge < -0.3 is 4.74 Å². The molecule has 0 aliphatic carbocycles. The Bertz CT molecular complexity index is 1000. The number of amides is 1. The lowest BCUT2D eigenvalue weighted by Crippen LogP contribution is -2.43. The molecule has 5 heteroatoms. The Morgan fingerprint density at radius 1 is 0.929 bits per heavy atom. The van der Waals surface area contributed by atoms with Gasteiger partial charge in [-0.05, 0) is 29.8 Å². The van der Waals surface area contributed by atoms with Crippen LogP contribution in [0.4, 0.5) is 5.69 Å². The summed E-state index contributed by atoms with van der Waals surface area (Å²) in [5.74, 6) is 0.450. The minimum Gasteiger partial charge on any atom is -0.497 e. The van der Waals surface area contributed by atoms with E-state index in [1.165, 1.54) is 5.01 Å². The molecule has 1 heterocycles. The zero-order valence-corrected chi connectivity index (χ0v) is 16.1. The zero-order valence-electron chi connectivity index (χ0n) is 15.4. The standard InChI is InChI=1S/C23H19ClN2O2/c1-28-20-14-12-19(13-15-20)26-22(27)23(24,16-17-8-4-2-5-9-17)21(25-26)18-10-6-3-7-11-18/h2-15H,16H2,1H3/t23-/m1/s1. The van der Waals surface area contributed by atoms with Crippen molar-refractivity contribution in [2.75, 3.05) is 12.1 Å². The molecule has 0 radical (unpaired) electrons. The average molecular weight is 391 g/mol. The van der Waals surface area contributed by atoms with E-state index in [1.807, 2.05) is 60.7 Å². The van der Waals surface area contributed by atoms with E-state index in [0.29, 0.717) is 23.6 Å². The second kappa shape index (κ2) is 7.49. The van der Waals surface area contributed by atoms with Crippen molar-refractivity contribution < 1.29 is 9.53 Å². The lowest BCUT2D eigenvalue weighted by Gasteiger charge is -2.23. The van der Waals surface area contributed by atoms with E-state index < -0.39 is 4.87 Å². The fraction of sp³-hybridized carbons (Fsp3) is 0.130. The molecule has 0 unspecified atom stereocenters. The predicted octanol–water partition coefficient (Wildman–Crippen LogP) is 4.67. The quantitative estimate of drug-likeness (QED) is 0.594. The first-order valence-corrected chi connectivity index (χ1v) is 9.35. The summed E-state index contributed by atoms with van der Waals surface area (Å²) in [7, 11) is 1.60. The van der Waals surface area contributed by atoms with Crippen molar-refractivity contribution in [1.82, 2.24) is 0 Å². The van der Waals surface area contributed by atoms with Crippen molar-refractivity contribution in [3.8, 4) is 5.75 Å². The molecule has 0 saturated heterocycles. The maximum absolute atomic E-state index is 13.4. The molecule has 4 rings (SSSR count). The van der Waals surface area contributed by atoms with Gasteiger partial charge in [-0.3, -0.25) is 4.79 Å². The van der Waals surface area contributed by atoms with Gasteiger partial charge in [0, 0.05) is 12.0 Å². The molecule has 0 aromatic heterocycles. The van der Waals surface area contributed by atoms with Gasteiger partial charge in [-0.2, -0.15) is 10.1 Å². The van der Waals surface area contributed by atoms with Crippen molar-refractivity contribution in [2.24, 2.45) is 5.10 Å². The smallest absolute Gasteiger partial charge is 0.275 e. The number of carbonyl (C=O) groups excluding carboxylic acids is 1. The third-order valence-corrected chi connectivity index (χ3v) is 5.24. The third-order valence-electron chi connectivity index (χ3n) is 4.76. The van der Waals surface area contributed by atoms with Crippen LogP contribution in [0.3, 0.4) is 0 Å². The molecule has 3 aromatic carbocycles. The maximum Gasteiger partial charge on any atom is 0.275 e. The zero-order chi connectivity index (χ0) is 19.6. The van der Waals surface area contributed by atoms with E-state index in [1.54, 1.807) is 31.4 Å². The Labute approximate surface area is 169 Å². The fourth-order valence-corrected chi connectivity index (χ4v) is 3.69. The number of alkyl halides is 1. The summed E-state index contributed by atoms with van der Waals surface area (Å²) < 4.78 is 5.20. The largest absolute Gasteiger partial charge is 0.497 e. The van der Waals surface area contributed by atoms with Crippen molar-refractivity contribution in [3.05, 3.63) is 96.1 Å². The molecule has 140 valence electrons. The SMILES string of the molecule is COc1ccc(N2N=C(c3ccccc3)[C@](Cl)(Cc3ccccc3)C2=O)cc1. The molecule has 1 aliphatic rings. The normalized spacial score (nSPS) is 18.9. The Kier molecular flexibility index (Phi) is 4.88. The van der Waals surface area contributed by atoms with Crippen molar-refractivity contribution in [2.45, 2.75) is 11.3 Å². The van der Waals surface area contributed by atoms with Crippen LogP contribution in [-0.4, -0.2) is 23.6 Å². The van der Waals surface area contributed by atoms with Gasteiger partial charge in [0.2, 0.25) is 0 Å². The lowest BCUT2D eigenvalue weighted by atomic mass is 9.89. The van der Waals surface area contributed by atoms with Crippen LogP contribution in [-0.2, 0) is 11.2 Å². The van der Waals surface area contributed by atoms with Crippen LogP contribution in [0, 0.1) is 0 Å². The van der Waals surface area contributed by atoms with Gasteiger partial charge in [-0.1, -0.05) is 60.7 Å². The number of anilines is 1. The van der Waals surface area contributed by atoms with E-state index in [4.69, 9.17) is 16.3 Å². The van der Waals surface area contributed by atoms with Gasteiger partial charge in [0.05, 0.1) is 18.5 Å². The first-order valence-electron chi connectivity index (χ1n) is 8.98. The van der Waals surface area contributed by atoms with E-state index in [2.05, 4.69) is 5.10 Å². The first-order chi connectivity index (χ1) is 13.6. The maximum atomic E-state index is 13.4. The fourth-order valence-electron chi connectivity index (χ4n) is 3.31. The molecule has 0 bridgehead atoms. The van der Waals surface area contributed by atoms with E-state index in [0.717, 1.165) is 11.1 Å². The number of hydrogen-bond acceptors (Lipinski definition) is 3. The van der Waals surface area contributed by atoms with Gasteiger partial charge >= 0.3 is 0 Å². The molecule has 0 fully saturated rings. The predicted molar refractivity (Wildman–Crippen MR) is 112 cm³/mol. The molecule has 3 aromatic rings. The van der Waals surface area contributed by atoms with Gasteiger partial charge in [0.1, 0.15) is 5.75 Å². The molecule has 1 amide bonds. The number of rotatable bonds is 5. The molecule has 4 nitrogen and oxygen atoms in total. The number of hydrazone groups is 1. The van der Waals surface area contributed by atoms with E-state index >= 15 is 0 Å². The summed E-state index contributed by atoms with van der Waals surface area (Å²) in [6.07, 6.45) is 0.356. The summed E-state index contributed by atoms with van der Waals surface area (Å²) in [4.78, 5) is 12.1. The molecule has 1 aliphatic heterocycles. The molecule has 28 heavy (non-hydrogen) atoms. The molecule has 1 atom stereocenters. The highest BCUT2D eigenvalue weighted by Gasteiger charge is 2.50. The number of hydrogen-bond donors (Lipinski definition) is 0. The van der Waals surface area contributed by atoms with Crippen molar-refractivity contribution in [3.63, 3.8) is 0 Å². The first kappa shape index (κ1) is 18.3. The molecular weight excluding hydrogens is 372 g/mol. The van der Waals surface area contributed by atoms with Crippen LogP contribution in [0.1, 0.15) is 11.1 Å². The second-order valence-electron chi connectivity index (χ2n) is 6.59. The summed E-state index contributed by atoms with van der Waals surface area (Å²) in [5, 5.41) is 6.03. The Hall–Kier alpha value is -3.11. The van der Waals surface area contributed by atoms with Gasteiger partial charge in [-0.25, -0.2) is 0 Å². The number of nitrogens with zero attached hydrogens (tertiary/aromatic N) is 2. The highest BCUT2D eigenvalue weighted by molar-refractivity contribution is 6.53. The molecule has 0 N–H and O–H groups in total. The van der Waals surface area contributed by atoms with Crippen molar-refractivity contribution >= 4 is 28.9 Å². The Balaban J connectivity index is 1.77. The summed E-state index contributed by atoms with van der Waals surface area (Å²) >= 11 is 7.01.